The van der Waals surface area contributed by atoms with E-state index in [1.165, 1.54) is 23.9 Å². The molecule has 3 aromatic rings. The minimum absolute atomic E-state index is 0.172. The maximum Gasteiger partial charge on any atom is 0.219 e. The smallest absolute Gasteiger partial charge is 0.219 e. The van der Waals surface area contributed by atoms with Gasteiger partial charge in [0.2, 0.25) is 5.91 Å². The van der Waals surface area contributed by atoms with Crippen LogP contribution in [0.15, 0.2) is 52.2 Å². The number of hydrogen-bond donors (Lipinski definition) is 1. The summed E-state index contributed by atoms with van der Waals surface area (Å²) in [6, 6.07) is 9.37. The lowest BCUT2D eigenvalue weighted by molar-refractivity contribution is -0.118. The fourth-order valence-electron chi connectivity index (χ4n) is 2.23. The Morgan fingerprint density at radius 2 is 2.08 bits per heavy atom. The maximum atomic E-state index is 12.9. The van der Waals surface area contributed by atoms with Crippen molar-refractivity contribution in [1.29, 1.82) is 0 Å². The van der Waals surface area contributed by atoms with Gasteiger partial charge < -0.3 is 14.9 Å². The minimum Gasteiger partial charge on any atom is -0.493 e. The molecule has 2 aromatic heterocycles. The van der Waals surface area contributed by atoms with Crippen molar-refractivity contribution in [2.45, 2.75) is 18.1 Å². The molecule has 9 heteroatoms. The van der Waals surface area contributed by atoms with Gasteiger partial charge in [0.05, 0.1) is 12.9 Å². The summed E-state index contributed by atoms with van der Waals surface area (Å²) < 4.78 is 25.6. The van der Waals surface area contributed by atoms with E-state index >= 15 is 0 Å². The van der Waals surface area contributed by atoms with Gasteiger partial charge in [-0.3, -0.25) is 9.36 Å². The Bertz CT molecular complexity index is 850. The number of rotatable bonds is 9. The molecule has 0 saturated carbocycles. The van der Waals surface area contributed by atoms with Crippen molar-refractivity contribution in [2.75, 3.05) is 12.4 Å². The standard InChI is InChI=1S/C17H17FN4O3S/c18-12-3-5-13(6-4-12)24-10-11-26-17-21-20-16(14-2-1-9-25-14)22(17)8-7-15(19)23/h1-6,9H,7-8,10-11H2,(H2,19,23). The van der Waals surface area contributed by atoms with Crippen LogP contribution in [0.1, 0.15) is 6.42 Å². The summed E-state index contributed by atoms with van der Waals surface area (Å²) in [7, 11) is 0. The Morgan fingerprint density at radius 1 is 1.27 bits per heavy atom. The molecular weight excluding hydrogens is 359 g/mol. The zero-order valence-electron chi connectivity index (χ0n) is 13.8. The number of benzene rings is 1. The van der Waals surface area contributed by atoms with E-state index in [0.29, 0.717) is 41.4 Å². The number of thioether (sulfide) groups is 1. The van der Waals surface area contributed by atoms with E-state index in [1.807, 2.05) is 0 Å². The van der Waals surface area contributed by atoms with Gasteiger partial charge in [0.15, 0.2) is 16.7 Å². The van der Waals surface area contributed by atoms with E-state index in [0.717, 1.165) is 0 Å². The molecule has 26 heavy (non-hydrogen) atoms. The number of amides is 1. The number of hydrogen-bond acceptors (Lipinski definition) is 6. The lowest BCUT2D eigenvalue weighted by atomic mass is 10.3. The van der Waals surface area contributed by atoms with Gasteiger partial charge in [-0.15, -0.1) is 10.2 Å². The normalized spacial score (nSPS) is 10.8. The Morgan fingerprint density at radius 3 is 2.77 bits per heavy atom. The summed E-state index contributed by atoms with van der Waals surface area (Å²) in [5.74, 6) is 1.59. The molecule has 0 aliphatic heterocycles. The number of aromatic nitrogens is 3. The predicted molar refractivity (Wildman–Crippen MR) is 94.2 cm³/mol. The van der Waals surface area contributed by atoms with E-state index in [9.17, 15) is 9.18 Å². The predicted octanol–water partition coefficient (Wildman–Crippen LogP) is 2.72. The Labute approximate surface area is 153 Å². The summed E-state index contributed by atoms with van der Waals surface area (Å²) >= 11 is 1.44. The summed E-state index contributed by atoms with van der Waals surface area (Å²) in [6.07, 6.45) is 1.72. The Hall–Kier alpha value is -2.81. The second kappa shape index (κ2) is 8.52. The van der Waals surface area contributed by atoms with Gasteiger partial charge in [-0.2, -0.15) is 0 Å². The molecule has 1 amide bonds. The summed E-state index contributed by atoms with van der Waals surface area (Å²) in [6.45, 7) is 0.772. The highest BCUT2D eigenvalue weighted by atomic mass is 32.2. The third-order valence-corrected chi connectivity index (χ3v) is 4.37. The minimum atomic E-state index is -0.403. The largest absolute Gasteiger partial charge is 0.493 e. The molecular formula is C17H17FN4O3S. The second-order valence-corrected chi connectivity index (χ2v) is 6.36. The SMILES string of the molecule is NC(=O)CCn1c(SCCOc2ccc(F)cc2)nnc1-c1ccco1. The van der Waals surface area contributed by atoms with Crippen LogP contribution < -0.4 is 10.5 Å². The zero-order chi connectivity index (χ0) is 18.4. The topological polar surface area (TPSA) is 96.2 Å². The molecule has 0 fully saturated rings. The first kappa shape index (κ1) is 18.0. The van der Waals surface area contributed by atoms with Crippen LogP contribution in [0.25, 0.3) is 11.6 Å². The molecule has 2 N–H and O–H groups in total. The third kappa shape index (κ3) is 4.63. The van der Waals surface area contributed by atoms with E-state index in [4.69, 9.17) is 14.9 Å². The molecule has 7 nitrogen and oxygen atoms in total. The number of furan rings is 1. The van der Waals surface area contributed by atoms with Crippen molar-refractivity contribution >= 4 is 17.7 Å². The first-order valence-electron chi connectivity index (χ1n) is 7.90. The number of nitrogens with two attached hydrogens (primary N) is 1. The Balaban J connectivity index is 1.63. The second-order valence-electron chi connectivity index (χ2n) is 5.30. The van der Waals surface area contributed by atoms with Crippen molar-refractivity contribution in [3.63, 3.8) is 0 Å². The molecule has 0 bridgehead atoms. The fourth-order valence-corrected chi connectivity index (χ4v) is 3.01. The molecule has 136 valence electrons. The van der Waals surface area contributed by atoms with E-state index in [2.05, 4.69) is 10.2 Å². The quantitative estimate of drug-likeness (QED) is 0.456. The van der Waals surface area contributed by atoms with Gasteiger partial charge in [0.1, 0.15) is 11.6 Å². The summed E-state index contributed by atoms with van der Waals surface area (Å²) in [5, 5.41) is 8.95. The Kier molecular flexibility index (Phi) is 5.90. The number of nitrogens with zero attached hydrogens (tertiary/aromatic N) is 3. The first-order valence-corrected chi connectivity index (χ1v) is 8.88. The highest BCUT2D eigenvalue weighted by Gasteiger charge is 2.16. The summed E-state index contributed by atoms with van der Waals surface area (Å²) in [4.78, 5) is 11.1. The summed E-state index contributed by atoms with van der Waals surface area (Å²) in [5.41, 5.74) is 5.25. The van der Waals surface area contributed by atoms with Gasteiger partial charge in [-0.1, -0.05) is 11.8 Å². The number of carbonyl (C=O) groups excluding carboxylic acids is 1. The van der Waals surface area contributed by atoms with Gasteiger partial charge in [0, 0.05) is 18.7 Å². The lowest BCUT2D eigenvalue weighted by Crippen LogP contribution is -2.15. The van der Waals surface area contributed by atoms with E-state index in [1.54, 1.807) is 35.1 Å². The number of ether oxygens (including phenoxy) is 1. The maximum absolute atomic E-state index is 12.9. The van der Waals surface area contributed by atoms with Crippen molar-refractivity contribution < 1.29 is 18.3 Å². The van der Waals surface area contributed by atoms with Crippen LogP contribution >= 0.6 is 11.8 Å². The van der Waals surface area contributed by atoms with Gasteiger partial charge in [-0.05, 0) is 36.4 Å². The van der Waals surface area contributed by atoms with Crippen LogP contribution in [0.3, 0.4) is 0 Å². The molecule has 2 heterocycles. The molecule has 0 aliphatic carbocycles. The van der Waals surface area contributed by atoms with Gasteiger partial charge in [-0.25, -0.2) is 4.39 Å². The zero-order valence-corrected chi connectivity index (χ0v) is 14.6. The van der Waals surface area contributed by atoms with Gasteiger partial charge in [0.25, 0.3) is 0 Å². The first-order chi connectivity index (χ1) is 12.6. The number of halogens is 1. The number of carbonyl (C=O) groups is 1. The average molecular weight is 376 g/mol. The highest BCUT2D eigenvalue weighted by molar-refractivity contribution is 7.99. The van der Waals surface area contributed by atoms with Crippen molar-refractivity contribution in [3.05, 3.63) is 48.5 Å². The number of primary amides is 1. The van der Waals surface area contributed by atoms with Crippen molar-refractivity contribution in [1.82, 2.24) is 14.8 Å². The van der Waals surface area contributed by atoms with E-state index < -0.39 is 5.91 Å². The van der Waals surface area contributed by atoms with Crippen LogP contribution in [0.4, 0.5) is 4.39 Å². The molecule has 0 unspecified atom stereocenters. The molecule has 1 aromatic carbocycles. The van der Waals surface area contributed by atoms with Crippen molar-refractivity contribution in [3.8, 4) is 17.3 Å². The molecule has 0 spiro atoms. The van der Waals surface area contributed by atoms with Crippen LogP contribution in [-0.4, -0.2) is 33.0 Å². The average Bonchev–Trinajstić information content (AvgIpc) is 3.28. The molecule has 3 rings (SSSR count). The fraction of sp³-hybridized carbons (Fsp3) is 0.235. The monoisotopic (exact) mass is 376 g/mol. The third-order valence-electron chi connectivity index (χ3n) is 3.44. The molecule has 0 atom stereocenters. The highest BCUT2D eigenvalue weighted by Crippen LogP contribution is 2.24. The van der Waals surface area contributed by atoms with Gasteiger partial charge >= 0.3 is 0 Å². The van der Waals surface area contributed by atoms with Crippen LogP contribution in [0, 0.1) is 5.82 Å². The van der Waals surface area contributed by atoms with E-state index in [-0.39, 0.29) is 12.2 Å². The molecule has 0 saturated heterocycles. The molecule has 0 aliphatic rings. The van der Waals surface area contributed by atoms with Crippen LogP contribution in [0.2, 0.25) is 0 Å². The molecule has 0 radical (unpaired) electrons. The van der Waals surface area contributed by atoms with Crippen LogP contribution in [0.5, 0.6) is 5.75 Å². The van der Waals surface area contributed by atoms with Crippen LogP contribution in [-0.2, 0) is 11.3 Å². The van der Waals surface area contributed by atoms with Crippen molar-refractivity contribution in [2.24, 2.45) is 5.73 Å². The lowest BCUT2D eigenvalue weighted by Gasteiger charge is -2.08.